The summed E-state index contributed by atoms with van der Waals surface area (Å²) in [6.07, 6.45) is 0. The third kappa shape index (κ3) is 4.75. The van der Waals surface area contributed by atoms with Crippen LogP contribution in [0, 0.1) is 0 Å². The fraction of sp³-hybridized carbons (Fsp3) is 0.0909. The van der Waals surface area contributed by atoms with Gasteiger partial charge in [0.25, 0.3) is 5.91 Å². The van der Waals surface area contributed by atoms with Crippen LogP contribution in [0.2, 0.25) is 20.1 Å². The summed E-state index contributed by atoms with van der Waals surface area (Å²) in [5.74, 6) is -1.58. The Morgan fingerprint density at radius 2 is 1.32 bits per heavy atom. The van der Waals surface area contributed by atoms with Crippen LogP contribution in [-0.4, -0.2) is 24.1 Å². The van der Waals surface area contributed by atoms with Gasteiger partial charge in [0.15, 0.2) is 0 Å². The van der Waals surface area contributed by atoms with Crippen molar-refractivity contribution in [2.75, 3.05) is 7.11 Å². The average molecular weight is 499 g/mol. The van der Waals surface area contributed by atoms with Gasteiger partial charge in [0.2, 0.25) is 0 Å². The third-order valence-corrected chi connectivity index (χ3v) is 6.37. The number of hydrogen-bond donors (Lipinski definition) is 2. The Balaban J connectivity index is 2.11. The van der Waals surface area contributed by atoms with E-state index in [2.05, 4.69) is 5.32 Å². The zero-order valence-electron chi connectivity index (χ0n) is 16.0. The molecule has 0 saturated heterocycles. The number of carbonyl (C=O) groups is 2. The first kappa shape index (κ1) is 23.2. The predicted octanol–water partition coefficient (Wildman–Crippen LogP) is 6.53. The molecule has 0 aliphatic heterocycles. The molecular weight excluding hydrogens is 484 g/mol. The van der Waals surface area contributed by atoms with Crippen LogP contribution in [0.4, 0.5) is 0 Å². The molecule has 0 unspecified atom stereocenters. The Bertz CT molecular complexity index is 1130. The average Bonchev–Trinajstić information content (AvgIpc) is 2.78. The fourth-order valence-electron chi connectivity index (χ4n) is 3.05. The van der Waals surface area contributed by atoms with Crippen molar-refractivity contribution in [1.82, 2.24) is 5.32 Å². The van der Waals surface area contributed by atoms with Gasteiger partial charge in [0, 0.05) is 0 Å². The minimum absolute atomic E-state index is 0.204. The monoisotopic (exact) mass is 497 g/mol. The number of rotatable bonds is 6. The molecule has 1 amide bonds. The summed E-state index contributed by atoms with van der Waals surface area (Å²) >= 11 is 24.3. The first-order valence-corrected chi connectivity index (χ1v) is 10.4. The molecule has 0 heterocycles. The Kier molecular flexibility index (Phi) is 7.34. The lowest BCUT2D eigenvalue weighted by Crippen LogP contribution is -2.31. The molecule has 0 fully saturated rings. The maximum absolute atomic E-state index is 13.2. The van der Waals surface area contributed by atoms with Crippen LogP contribution in [0.3, 0.4) is 0 Å². The van der Waals surface area contributed by atoms with Crippen LogP contribution in [0.15, 0.2) is 54.6 Å². The summed E-state index contributed by atoms with van der Waals surface area (Å²) in [6, 6.07) is 15.6. The summed E-state index contributed by atoms with van der Waals surface area (Å²) in [5.41, 5.74) is 0.600. The second-order valence-electron chi connectivity index (χ2n) is 6.40. The zero-order valence-corrected chi connectivity index (χ0v) is 19.0. The second kappa shape index (κ2) is 9.79. The number of carboxylic acid groups (broad SMARTS) is 1. The van der Waals surface area contributed by atoms with Crippen LogP contribution in [0.5, 0.6) is 5.75 Å². The number of carbonyl (C=O) groups excluding carboxylic acids is 1. The highest BCUT2D eigenvalue weighted by Crippen LogP contribution is 2.42. The molecule has 3 aromatic carbocycles. The van der Waals surface area contributed by atoms with Crippen molar-refractivity contribution >= 4 is 58.3 Å². The minimum atomic E-state index is -1.46. The maximum Gasteiger partial charge on any atom is 0.338 e. The van der Waals surface area contributed by atoms with Crippen LogP contribution in [0.25, 0.3) is 0 Å². The third-order valence-electron chi connectivity index (χ3n) is 4.57. The summed E-state index contributed by atoms with van der Waals surface area (Å²) in [7, 11) is 1.55. The molecule has 0 spiro atoms. The molecule has 31 heavy (non-hydrogen) atoms. The van der Waals surface area contributed by atoms with Gasteiger partial charge in [-0.2, -0.15) is 0 Å². The van der Waals surface area contributed by atoms with E-state index in [9.17, 15) is 14.7 Å². The van der Waals surface area contributed by atoms with Crippen molar-refractivity contribution in [3.05, 3.63) is 96.9 Å². The van der Waals surface area contributed by atoms with E-state index in [1.165, 1.54) is 0 Å². The Labute approximate surface area is 198 Å². The predicted molar refractivity (Wildman–Crippen MR) is 122 cm³/mol. The lowest BCUT2D eigenvalue weighted by Gasteiger charge is -2.22. The molecule has 0 radical (unpaired) electrons. The van der Waals surface area contributed by atoms with E-state index < -0.39 is 23.5 Å². The molecule has 3 rings (SSSR count). The van der Waals surface area contributed by atoms with E-state index in [0.29, 0.717) is 5.75 Å². The molecular formula is C22H15Cl4NO4. The highest BCUT2D eigenvalue weighted by molar-refractivity contribution is 6.54. The number of aromatic carboxylic acids is 1. The molecule has 0 saturated carbocycles. The van der Waals surface area contributed by atoms with E-state index in [1.807, 2.05) is 30.3 Å². The summed E-state index contributed by atoms with van der Waals surface area (Å²) < 4.78 is 5.19. The fourth-order valence-corrected chi connectivity index (χ4v) is 4.07. The number of methoxy groups -OCH3 is 1. The lowest BCUT2D eigenvalue weighted by atomic mass is 9.97. The van der Waals surface area contributed by atoms with E-state index in [4.69, 9.17) is 51.1 Å². The molecule has 5 nitrogen and oxygen atoms in total. The molecule has 9 heteroatoms. The standard InChI is InChI=1S/C22H15Cl4NO4/c1-31-13-9-7-12(8-10-13)20(11-5-3-2-4-6-11)27-21(28)14-15(22(29)30)17(24)19(26)18(25)16(14)23/h2-10,20H,1H3,(H,27,28)(H,29,30)/t20-/m1/s1. The molecule has 0 bridgehead atoms. The first-order chi connectivity index (χ1) is 14.8. The molecule has 0 aliphatic carbocycles. The van der Waals surface area contributed by atoms with Crippen molar-refractivity contribution in [2.45, 2.75) is 6.04 Å². The van der Waals surface area contributed by atoms with E-state index >= 15 is 0 Å². The number of carboxylic acids is 1. The van der Waals surface area contributed by atoms with Gasteiger partial charge in [-0.05, 0) is 23.3 Å². The number of nitrogens with one attached hydrogen (secondary N) is 1. The van der Waals surface area contributed by atoms with Crippen LogP contribution < -0.4 is 10.1 Å². The van der Waals surface area contributed by atoms with Crippen molar-refractivity contribution in [3.63, 3.8) is 0 Å². The van der Waals surface area contributed by atoms with Crippen molar-refractivity contribution in [3.8, 4) is 5.75 Å². The van der Waals surface area contributed by atoms with E-state index in [-0.39, 0.29) is 25.7 Å². The Morgan fingerprint density at radius 3 is 1.84 bits per heavy atom. The second-order valence-corrected chi connectivity index (χ2v) is 7.91. The largest absolute Gasteiger partial charge is 0.497 e. The topological polar surface area (TPSA) is 75.6 Å². The zero-order chi connectivity index (χ0) is 22.7. The molecule has 160 valence electrons. The van der Waals surface area contributed by atoms with Gasteiger partial charge in [-0.3, -0.25) is 4.79 Å². The number of halogens is 4. The normalized spacial score (nSPS) is 11.6. The highest BCUT2D eigenvalue weighted by atomic mass is 35.5. The maximum atomic E-state index is 13.2. The molecule has 0 aromatic heterocycles. The van der Waals surface area contributed by atoms with Gasteiger partial charge >= 0.3 is 5.97 Å². The Hall–Kier alpha value is -2.44. The minimum Gasteiger partial charge on any atom is -0.497 e. The summed E-state index contributed by atoms with van der Waals surface area (Å²) in [4.78, 5) is 25.1. The highest BCUT2D eigenvalue weighted by Gasteiger charge is 2.30. The number of hydrogen-bond acceptors (Lipinski definition) is 3. The summed E-state index contributed by atoms with van der Waals surface area (Å²) in [6.45, 7) is 0. The first-order valence-electron chi connectivity index (χ1n) is 8.85. The van der Waals surface area contributed by atoms with Gasteiger partial charge in [0.05, 0.1) is 44.4 Å². The van der Waals surface area contributed by atoms with Gasteiger partial charge < -0.3 is 15.2 Å². The van der Waals surface area contributed by atoms with Crippen molar-refractivity contribution in [2.24, 2.45) is 0 Å². The van der Waals surface area contributed by atoms with Crippen LogP contribution in [0.1, 0.15) is 37.9 Å². The molecule has 2 N–H and O–H groups in total. The van der Waals surface area contributed by atoms with Gasteiger partial charge in [0.1, 0.15) is 5.75 Å². The molecule has 3 aromatic rings. The SMILES string of the molecule is COc1ccc([C@H](NC(=O)c2c(Cl)c(Cl)c(Cl)c(Cl)c2C(=O)O)c2ccccc2)cc1. The number of benzene rings is 3. The van der Waals surface area contributed by atoms with Gasteiger partial charge in [-0.1, -0.05) is 88.9 Å². The van der Waals surface area contributed by atoms with E-state index in [0.717, 1.165) is 11.1 Å². The van der Waals surface area contributed by atoms with E-state index in [1.54, 1.807) is 31.4 Å². The van der Waals surface area contributed by atoms with Gasteiger partial charge in [-0.15, -0.1) is 0 Å². The van der Waals surface area contributed by atoms with Crippen molar-refractivity contribution < 1.29 is 19.4 Å². The molecule has 0 aliphatic rings. The Morgan fingerprint density at radius 1 is 0.806 bits per heavy atom. The number of amides is 1. The smallest absolute Gasteiger partial charge is 0.338 e. The van der Waals surface area contributed by atoms with Crippen LogP contribution >= 0.6 is 46.4 Å². The van der Waals surface area contributed by atoms with Gasteiger partial charge in [-0.25, -0.2) is 4.79 Å². The summed E-state index contributed by atoms with van der Waals surface area (Å²) in [5, 5.41) is 11.3. The lowest BCUT2D eigenvalue weighted by molar-refractivity contribution is 0.0691. The molecule has 1 atom stereocenters. The van der Waals surface area contributed by atoms with Crippen molar-refractivity contribution in [1.29, 1.82) is 0 Å². The van der Waals surface area contributed by atoms with Crippen LogP contribution in [-0.2, 0) is 0 Å². The number of ether oxygens (including phenoxy) is 1. The quantitative estimate of drug-likeness (QED) is 0.299.